The molecule has 0 saturated carbocycles. The number of rotatable bonds is 4. The highest BCUT2D eigenvalue weighted by atomic mass is 16.3. The van der Waals surface area contributed by atoms with E-state index < -0.39 is 11.6 Å². The number of aromatic hydroxyl groups is 1. The molecule has 0 spiro atoms. The first kappa shape index (κ1) is 14.1. The van der Waals surface area contributed by atoms with Gasteiger partial charge in [0.1, 0.15) is 5.75 Å². The second-order valence-corrected chi connectivity index (χ2v) is 4.74. The van der Waals surface area contributed by atoms with E-state index >= 15 is 0 Å². The number of carbonyl (C=O) groups is 1. The summed E-state index contributed by atoms with van der Waals surface area (Å²) in [6.07, 6.45) is 5.69. The second-order valence-electron chi connectivity index (χ2n) is 4.74. The molecule has 0 aliphatic rings. The summed E-state index contributed by atoms with van der Waals surface area (Å²) in [4.78, 5) is 11.8. The van der Waals surface area contributed by atoms with Crippen molar-refractivity contribution in [1.29, 1.82) is 0 Å². The summed E-state index contributed by atoms with van der Waals surface area (Å²) in [5.74, 6) is 2.38. The number of terminal acetylenes is 1. The summed E-state index contributed by atoms with van der Waals surface area (Å²) in [7, 11) is 0. The van der Waals surface area contributed by atoms with E-state index in [2.05, 4.69) is 11.2 Å². The number of amides is 1. The van der Waals surface area contributed by atoms with Crippen LogP contribution in [0.15, 0.2) is 24.3 Å². The molecule has 1 aromatic carbocycles. The lowest BCUT2D eigenvalue weighted by Crippen LogP contribution is -2.50. The minimum absolute atomic E-state index is 0.185. The molecule has 96 valence electrons. The zero-order chi connectivity index (χ0) is 13.8. The Morgan fingerprint density at radius 2 is 2.06 bits per heavy atom. The molecule has 18 heavy (non-hydrogen) atoms. The molecule has 4 nitrogen and oxygen atoms in total. The van der Waals surface area contributed by atoms with Crippen LogP contribution in [0.3, 0.4) is 0 Å². The number of carbonyl (C=O) groups excluding carboxylic acids is 1. The minimum atomic E-state index is -0.705. The Morgan fingerprint density at radius 1 is 1.50 bits per heavy atom. The van der Waals surface area contributed by atoms with E-state index in [0.29, 0.717) is 6.42 Å². The molecule has 1 atom stereocenters. The van der Waals surface area contributed by atoms with E-state index in [-0.39, 0.29) is 11.7 Å². The molecule has 0 aromatic heterocycles. The number of benzene rings is 1. The zero-order valence-corrected chi connectivity index (χ0v) is 10.6. The van der Waals surface area contributed by atoms with Gasteiger partial charge in [0.15, 0.2) is 0 Å². The largest absolute Gasteiger partial charge is 0.508 e. The predicted molar refractivity (Wildman–Crippen MR) is 70.8 cm³/mol. The van der Waals surface area contributed by atoms with Gasteiger partial charge in [-0.05, 0) is 38.0 Å². The lowest BCUT2D eigenvalue weighted by molar-refractivity contribution is -0.123. The van der Waals surface area contributed by atoms with Crippen molar-refractivity contribution >= 4 is 5.91 Å². The van der Waals surface area contributed by atoms with E-state index in [9.17, 15) is 4.79 Å². The van der Waals surface area contributed by atoms with Gasteiger partial charge in [-0.2, -0.15) is 0 Å². The molecule has 0 heterocycles. The molecule has 0 saturated heterocycles. The standard InChI is InChI=1S/C14H18N2O2/c1-4-14(2,3)16-13(18)12(15)9-10-5-7-11(17)8-6-10/h1,5-8,12,17H,9,15H2,2-3H3,(H,16,18)/t12-/m0/s1. The number of phenols is 1. The van der Waals surface area contributed by atoms with Crippen molar-refractivity contribution in [2.45, 2.75) is 31.8 Å². The second kappa shape index (κ2) is 5.56. The smallest absolute Gasteiger partial charge is 0.238 e. The van der Waals surface area contributed by atoms with Gasteiger partial charge in [0, 0.05) is 0 Å². The molecular weight excluding hydrogens is 228 g/mol. The summed E-state index contributed by atoms with van der Waals surface area (Å²) in [5.41, 5.74) is 5.98. The van der Waals surface area contributed by atoms with Crippen LogP contribution < -0.4 is 11.1 Å². The average Bonchev–Trinajstić information content (AvgIpc) is 2.31. The summed E-state index contributed by atoms with van der Waals surface area (Å²) in [6.45, 7) is 3.47. The Hall–Kier alpha value is -1.99. The maximum Gasteiger partial charge on any atom is 0.238 e. The quantitative estimate of drug-likeness (QED) is 0.687. The van der Waals surface area contributed by atoms with Crippen LogP contribution in [0.4, 0.5) is 0 Å². The van der Waals surface area contributed by atoms with E-state index in [1.54, 1.807) is 38.1 Å². The maximum atomic E-state index is 11.8. The molecule has 1 amide bonds. The van der Waals surface area contributed by atoms with Crippen LogP contribution in [0.1, 0.15) is 19.4 Å². The monoisotopic (exact) mass is 246 g/mol. The van der Waals surface area contributed by atoms with Crippen LogP contribution in [-0.4, -0.2) is 22.6 Å². The Kier molecular flexibility index (Phi) is 4.35. The number of nitrogens with one attached hydrogen (secondary N) is 1. The van der Waals surface area contributed by atoms with Gasteiger partial charge in [-0.3, -0.25) is 4.79 Å². The normalized spacial score (nSPS) is 12.6. The highest BCUT2D eigenvalue weighted by Crippen LogP contribution is 2.11. The van der Waals surface area contributed by atoms with E-state index in [1.807, 2.05) is 0 Å². The lowest BCUT2D eigenvalue weighted by Gasteiger charge is -2.22. The van der Waals surface area contributed by atoms with Gasteiger partial charge in [0.2, 0.25) is 5.91 Å². The van der Waals surface area contributed by atoms with Crippen molar-refractivity contribution in [2.24, 2.45) is 5.73 Å². The maximum absolute atomic E-state index is 11.8. The summed E-state index contributed by atoms with van der Waals surface area (Å²) >= 11 is 0. The van der Waals surface area contributed by atoms with Gasteiger partial charge in [0.25, 0.3) is 0 Å². The van der Waals surface area contributed by atoms with Crippen LogP contribution in [0, 0.1) is 12.3 Å². The van der Waals surface area contributed by atoms with Gasteiger partial charge >= 0.3 is 0 Å². The molecule has 0 unspecified atom stereocenters. The number of hydrogen-bond donors (Lipinski definition) is 3. The number of nitrogens with two attached hydrogens (primary N) is 1. The SMILES string of the molecule is C#CC(C)(C)NC(=O)[C@@H](N)Cc1ccc(O)cc1. The Balaban J connectivity index is 2.61. The Labute approximate surface area is 107 Å². The third-order valence-corrected chi connectivity index (χ3v) is 2.53. The van der Waals surface area contributed by atoms with Crippen molar-refractivity contribution in [3.63, 3.8) is 0 Å². The van der Waals surface area contributed by atoms with Crippen molar-refractivity contribution in [1.82, 2.24) is 5.32 Å². The summed E-state index contributed by atoms with van der Waals surface area (Å²) in [6, 6.07) is 5.92. The highest BCUT2D eigenvalue weighted by Gasteiger charge is 2.21. The first-order chi connectivity index (χ1) is 8.34. The van der Waals surface area contributed by atoms with Gasteiger partial charge in [-0.25, -0.2) is 0 Å². The molecule has 0 aliphatic heterocycles. The van der Waals surface area contributed by atoms with E-state index in [0.717, 1.165) is 5.56 Å². The van der Waals surface area contributed by atoms with Gasteiger partial charge in [-0.1, -0.05) is 18.1 Å². The molecule has 0 bridgehead atoms. The number of phenolic OH excluding ortho intramolecular Hbond substituents is 1. The summed E-state index contributed by atoms with van der Waals surface area (Å²) < 4.78 is 0. The topological polar surface area (TPSA) is 75.4 Å². The minimum Gasteiger partial charge on any atom is -0.508 e. The van der Waals surface area contributed by atoms with Crippen molar-refractivity contribution < 1.29 is 9.90 Å². The van der Waals surface area contributed by atoms with Crippen molar-refractivity contribution in [3.05, 3.63) is 29.8 Å². The van der Waals surface area contributed by atoms with Crippen molar-refractivity contribution in [3.8, 4) is 18.1 Å². The zero-order valence-electron chi connectivity index (χ0n) is 10.6. The third kappa shape index (κ3) is 4.11. The molecule has 0 fully saturated rings. The van der Waals surface area contributed by atoms with Crippen LogP contribution in [0.2, 0.25) is 0 Å². The predicted octanol–water partition coefficient (Wildman–Crippen LogP) is 0.790. The third-order valence-electron chi connectivity index (χ3n) is 2.53. The molecule has 0 aliphatic carbocycles. The molecule has 1 aromatic rings. The van der Waals surface area contributed by atoms with Gasteiger partial charge in [0.05, 0.1) is 11.6 Å². The number of hydrogen-bond acceptors (Lipinski definition) is 3. The molecular formula is C14H18N2O2. The first-order valence-corrected chi connectivity index (χ1v) is 5.67. The molecule has 4 N–H and O–H groups in total. The molecule has 1 rings (SSSR count). The summed E-state index contributed by atoms with van der Waals surface area (Å²) in [5, 5.41) is 11.8. The van der Waals surface area contributed by atoms with Crippen LogP contribution in [0.25, 0.3) is 0 Å². The average molecular weight is 246 g/mol. The van der Waals surface area contributed by atoms with Crippen molar-refractivity contribution in [2.75, 3.05) is 0 Å². The van der Waals surface area contributed by atoms with E-state index in [1.165, 1.54) is 0 Å². The highest BCUT2D eigenvalue weighted by molar-refractivity contribution is 5.82. The fourth-order valence-corrected chi connectivity index (χ4v) is 1.42. The Morgan fingerprint density at radius 3 is 2.56 bits per heavy atom. The van der Waals surface area contributed by atoms with Crippen LogP contribution >= 0.6 is 0 Å². The van der Waals surface area contributed by atoms with E-state index in [4.69, 9.17) is 17.3 Å². The van der Waals surface area contributed by atoms with Gasteiger partial charge < -0.3 is 16.2 Å². The van der Waals surface area contributed by atoms with Crippen LogP contribution in [-0.2, 0) is 11.2 Å². The fourth-order valence-electron chi connectivity index (χ4n) is 1.42. The molecule has 0 radical (unpaired) electrons. The molecule has 4 heteroatoms. The fraction of sp³-hybridized carbons (Fsp3) is 0.357. The van der Waals surface area contributed by atoms with Crippen LogP contribution in [0.5, 0.6) is 5.75 Å². The first-order valence-electron chi connectivity index (χ1n) is 5.67. The lowest BCUT2D eigenvalue weighted by atomic mass is 10.0. The van der Waals surface area contributed by atoms with Gasteiger partial charge in [-0.15, -0.1) is 6.42 Å². The Bertz CT molecular complexity index is 458.